The average Bonchev–Trinajstić information content (AvgIpc) is 2.63. The SMILES string of the molecule is C=CCN(CC=C)C(=O)/C(C#N)=C\NC1CCCCCCCCCCC1. The number of nitriles is 1. The number of carbonyl (C=O) groups excluding carboxylic acids is 1. The van der Waals surface area contributed by atoms with Gasteiger partial charge in [0.15, 0.2) is 0 Å². The number of amides is 1. The minimum atomic E-state index is -0.270. The van der Waals surface area contributed by atoms with Crippen LogP contribution in [0.2, 0.25) is 0 Å². The number of nitrogens with zero attached hydrogens (tertiary/aromatic N) is 2. The first-order valence-electron chi connectivity index (χ1n) is 10.1. The van der Waals surface area contributed by atoms with Crippen molar-refractivity contribution in [2.45, 2.75) is 76.7 Å². The summed E-state index contributed by atoms with van der Waals surface area (Å²) in [5.74, 6) is -0.270. The van der Waals surface area contributed by atoms with Crippen molar-refractivity contribution in [3.05, 3.63) is 37.1 Å². The van der Waals surface area contributed by atoms with Crippen molar-refractivity contribution in [3.8, 4) is 6.07 Å². The van der Waals surface area contributed by atoms with E-state index in [4.69, 9.17) is 0 Å². The van der Waals surface area contributed by atoms with E-state index in [0.29, 0.717) is 19.1 Å². The number of nitrogens with one attached hydrogen (secondary N) is 1. The van der Waals surface area contributed by atoms with Crippen LogP contribution in [0.25, 0.3) is 0 Å². The van der Waals surface area contributed by atoms with E-state index in [1.54, 1.807) is 23.3 Å². The fraction of sp³-hybridized carbons (Fsp3) is 0.636. The molecule has 4 nitrogen and oxygen atoms in total. The average molecular weight is 358 g/mol. The van der Waals surface area contributed by atoms with Crippen molar-refractivity contribution in [1.29, 1.82) is 5.26 Å². The third kappa shape index (κ3) is 8.89. The highest BCUT2D eigenvalue weighted by molar-refractivity contribution is 5.97. The summed E-state index contributed by atoms with van der Waals surface area (Å²) < 4.78 is 0. The molecule has 0 aromatic carbocycles. The monoisotopic (exact) mass is 357 g/mol. The first kappa shape index (κ1) is 22.0. The molecule has 0 aliphatic heterocycles. The molecule has 0 spiro atoms. The smallest absolute Gasteiger partial charge is 0.266 e. The number of hydrogen-bond acceptors (Lipinski definition) is 3. The Morgan fingerprint density at radius 3 is 1.85 bits per heavy atom. The number of carbonyl (C=O) groups is 1. The van der Waals surface area contributed by atoms with Gasteiger partial charge in [0.2, 0.25) is 0 Å². The molecule has 0 saturated heterocycles. The fourth-order valence-corrected chi connectivity index (χ4v) is 3.40. The molecule has 1 aliphatic rings. The summed E-state index contributed by atoms with van der Waals surface area (Å²) in [6.07, 6.45) is 18.9. The second kappa shape index (κ2) is 14.2. The van der Waals surface area contributed by atoms with E-state index in [2.05, 4.69) is 18.5 Å². The molecule has 144 valence electrons. The van der Waals surface area contributed by atoms with E-state index in [1.807, 2.05) is 6.07 Å². The molecule has 0 aromatic rings. The highest BCUT2D eigenvalue weighted by atomic mass is 16.2. The Kier molecular flexibility index (Phi) is 12.0. The topological polar surface area (TPSA) is 56.1 Å². The lowest BCUT2D eigenvalue weighted by Crippen LogP contribution is -2.33. The van der Waals surface area contributed by atoms with E-state index < -0.39 is 0 Å². The molecule has 26 heavy (non-hydrogen) atoms. The summed E-state index contributed by atoms with van der Waals surface area (Å²) in [4.78, 5) is 14.1. The summed E-state index contributed by atoms with van der Waals surface area (Å²) in [7, 11) is 0. The zero-order valence-corrected chi connectivity index (χ0v) is 16.2. The quantitative estimate of drug-likeness (QED) is 0.402. The van der Waals surface area contributed by atoms with Crippen LogP contribution in [0.15, 0.2) is 37.1 Å². The summed E-state index contributed by atoms with van der Waals surface area (Å²) in [6, 6.07) is 2.39. The van der Waals surface area contributed by atoms with Crippen LogP contribution in [0.4, 0.5) is 0 Å². The fourth-order valence-electron chi connectivity index (χ4n) is 3.40. The van der Waals surface area contributed by atoms with Gasteiger partial charge >= 0.3 is 0 Å². The molecule has 1 aliphatic carbocycles. The van der Waals surface area contributed by atoms with E-state index in [9.17, 15) is 10.1 Å². The summed E-state index contributed by atoms with van der Waals surface area (Å²) in [6.45, 7) is 8.17. The minimum Gasteiger partial charge on any atom is -0.387 e. The minimum absolute atomic E-state index is 0.153. The van der Waals surface area contributed by atoms with Gasteiger partial charge in [0.05, 0.1) is 0 Å². The lowest BCUT2D eigenvalue weighted by Gasteiger charge is -2.21. The zero-order chi connectivity index (χ0) is 19.0. The standard InChI is InChI=1S/C22H35N3O/c1-3-16-25(17-4-2)22(26)20(18-23)19-24-21-14-12-10-8-6-5-7-9-11-13-15-21/h3-4,19,21,24H,1-2,5-17H2/b20-19-. The lowest BCUT2D eigenvalue weighted by molar-refractivity contribution is -0.125. The van der Waals surface area contributed by atoms with Crippen molar-refractivity contribution in [2.24, 2.45) is 0 Å². The Bertz CT molecular complexity index is 482. The Morgan fingerprint density at radius 1 is 0.962 bits per heavy atom. The Balaban J connectivity index is 2.67. The van der Waals surface area contributed by atoms with Gasteiger partial charge in [-0.25, -0.2) is 0 Å². The molecule has 0 heterocycles. The second-order valence-electron chi connectivity index (χ2n) is 7.08. The van der Waals surface area contributed by atoms with E-state index in [-0.39, 0.29) is 11.5 Å². The zero-order valence-electron chi connectivity index (χ0n) is 16.2. The van der Waals surface area contributed by atoms with Crippen molar-refractivity contribution in [2.75, 3.05) is 13.1 Å². The molecule has 0 atom stereocenters. The van der Waals surface area contributed by atoms with E-state index in [0.717, 1.165) is 12.8 Å². The molecule has 0 radical (unpaired) electrons. The molecule has 1 fully saturated rings. The van der Waals surface area contributed by atoms with Gasteiger partial charge in [0.1, 0.15) is 11.6 Å². The maximum Gasteiger partial charge on any atom is 0.266 e. The lowest BCUT2D eigenvalue weighted by atomic mass is 9.98. The molecule has 1 saturated carbocycles. The van der Waals surface area contributed by atoms with Gasteiger partial charge in [-0.3, -0.25) is 4.79 Å². The van der Waals surface area contributed by atoms with Gasteiger partial charge in [-0.15, -0.1) is 13.2 Å². The predicted molar refractivity (Wildman–Crippen MR) is 108 cm³/mol. The predicted octanol–water partition coefficient (Wildman–Crippen LogP) is 4.86. The molecule has 0 bridgehead atoms. The van der Waals surface area contributed by atoms with Crippen molar-refractivity contribution < 1.29 is 4.79 Å². The van der Waals surface area contributed by atoms with Crippen LogP contribution in [0.5, 0.6) is 0 Å². The Labute approximate surface area is 159 Å². The summed E-state index contributed by atoms with van der Waals surface area (Å²) in [5.41, 5.74) is 0.153. The van der Waals surface area contributed by atoms with Gasteiger partial charge < -0.3 is 10.2 Å². The van der Waals surface area contributed by atoms with Crippen molar-refractivity contribution >= 4 is 5.91 Å². The first-order valence-corrected chi connectivity index (χ1v) is 10.1. The highest BCUT2D eigenvalue weighted by Gasteiger charge is 2.17. The van der Waals surface area contributed by atoms with Crippen molar-refractivity contribution in [1.82, 2.24) is 10.2 Å². The van der Waals surface area contributed by atoms with Gasteiger partial charge in [0.25, 0.3) is 5.91 Å². The Morgan fingerprint density at radius 2 is 1.42 bits per heavy atom. The van der Waals surface area contributed by atoms with Gasteiger partial charge in [-0.05, 0) is 12.8 Å². The van der Waals surface area contributed by atoms with E-state index >= 15 is 0 Å². The Hall–Kier alpha value is -2.02. The molecule has 1 amide bonds. The number of rotatable bonds is 7. The van der Waals surface area contributed by atoms with Crippen molar-refractivity contribution in [3.63, 3.8) is 0 Å². The second-order valence-corrected chi connectivity index (χ2v) is 7.08. The van der Waals surface area contributed by atoms with E-state index in [1.165, 1.54) is 57.8 Å². The highest BCUT2D eigenvalue weighted by Crippen LogP contribution is 2.17. The van der Waals surface area contributed by atoms with Crippen LogP contribution in [0.3, 0.4) is 0 Å². The molecule has 0 aromatic heterocycles. The van der Waals surface area contributed by atoms with Gasteiger partial charge in [-0.1, -0.05) is 69.9 Å². The van der Waals surface area contributed by atoms with Gasteiger partial charge in [-0.2, -0.15) is 5.26 Å². The molecule has 1 N–H and O–H groups in total. The third-order valence-corrected chi connectivity index (χ3v) is 4.91. The van der Waals surface area contributed by atoms with Crippen LogP contribution >= 0.6 is 0 Å². The van der Waals surface area contributed by atoms with Crippen LogP contribution in [-0.4, -0.2) is 29.9 Å². The van der Waals surface area contributed by atoms with Crippen LogP contribution in [-0.2, 0) is 4.79 Å². The van der Waals surface area contributed by atoms with Crippen LogP contribution in [0.1, 0.15) is 70.6 Å². The summed E-state index contributed by atoms with van der Waals surface area (Å²) in [5, 5.41) is 12.8. The van der Waals surface area contributed by atoms with Crippen LogP contribution in [0, 0.1) is 11.3 Å². The molecule has 0 unspecified atom stereocenters. The maximum absolute atomic E-state index is 12.5. The number of hydrogen-bond donors (Lipinski definition) is 1. The maximum atomic E-state index is 12.5. The van der Waals surface area contributed by atoms with Gasteiger partial charge in [0, 0.05) is 25.3 Å². The molecule has 1 rings (SSSR count). The first-order chi connectivity index (χ1) is 12.7. The largest absolute Gasteiger partial charge is 0.387 e. The third-order valence-electron chi connectivity index (χ3n) is 4.91. The van der Waals surface area contributed by atoms with Crippen LogP contribution < -0.4 is 5.32 Å². The molecular weight excluding hydrogens is 322 g/mol. The molecular formula is C22H35N3O. The summed E-state index contributed by atoms with van der Waals surface area (Å²) >= 11 is 0. The molecule has 4 heteroatoms. The normalized spacial score (nSPS) is 17.9.